The Balaban J connectivity index is 3.15. The molecule has 1 aromatic heterocycles. The molecule has 0 bridgehead atoms. The Labute approximate surface area is 77.1 Å². The molecule has 0 fully saturated rings. The van der Waals surface area contributed by atoms with E-state index in [1.807, 2.05) is 20.8 Å². The van der Waals surface area contributed by atoms with Gasteiger partial charge in [0.25, 0.3) is 0 Å². The summed E-state index contributed by atoms with van der Waals surface area (Å²) in [5, 5.41) is 3.76. The number of hydrogen-bond donors (Lipinski definition) is 1. The third-order valence-corrected chi connectivity index (χ3v) is 1.92. The highest BCUT2D eigenvalue weighted by Gasteiger charge is 2.20. The summed E-state index contributed by atoms with van der Waals surface area (Å²) in [5.74, 6) is 0.357. The average Bonchev–Trinajstić information content (AvgIpc) is 2.45. The standard InChI is InChI=1S/C9H14N2O2/c1-5(2)8-6(3)11-13-9(8)7(12)4-10/h5H,4,10H2,1-3H3. The van der Waals surface area contributed by atoms with Gasteiger partial charge in [0.1, 0.15) is 0 Å². The van der Waals surface area contributed by atoms with Gasteiger partial charge in [-0.05, 0) is 12.8 Å². The number of Topliss-reactive ketones (excluding diaryl/α,β-unsaturated/α-hetero) is 1. The number of carbonyl (C=O) groups is 1. The van der Waals surface area contributed by atoms with Crippen LogP contribution in [-0.4, -0.2) is 17.5 Å². The molecule has 0 unspecified atom stereocenters. The maximum absolute atomic E-state index is 11.3. The molecule has 4 nitrogen and oxygen atoms in total. The van der Waals surface area contributed by atoms with Crippen LogP contribution in [0.5, 0.6) is 0 Å². The van der Waals surface area contributed by atoms with Crippen LogP contribution in [0.2, 0.25) is 0 Å². The Morgan fingerprint density at radius 2 is 2.23 bits per heavy atom. The third kappa shape index (κ3) is 1.78. The van der Waals surface area contributed by atoms with E-state index in [2.05, 4.69) is 5.16 Å². The Bertz CT molecular complexity index is 315. The predicted molar refractivity (Wildman–Crippen MR) is 48.7 cm³/mol. The maximum atomic E-state index is 11.3. The molecule has 0 saturated heterocycles. The summed E-state index contributed by atoms with van der Waals surface area (Å²) >= 11 is 0. The van der Waals surface area contributed by atoms with Crippen molar-refractivity contribution in [1.82, 2.24) is 5.16 Å². The van der Waals surface area contributed by atoms with E-state index in [1.54, 1.807) is 0 Å². The predicted octanol–water partition coefficient (Wildman–Crippen LogP) is 1.25. The summed E-state index contributed by atoms with van der Waals surface area (Å²) in [6.45, 7) is 5.78. The first-order valence-corrected chi connectivity index (χ1v) is 4.27. The number of aryl methyl sites for hydroxylation is 1. The van der Waals surface area contributed by atoms with E-state index in [1.165, 1.54) is 0 Å². The van der Waals surface area contributed by atoms with Crippen molar-refractivity contribution in [1.29, 1.82) is 0 Å². The van der Waals surface area contributed by atoms with E-state index >= 15 is 0 Å². The number of nitrogens with zero attached hydrogens (tertiary/aromatic N) is 1. The van der Waals surface area contributed by atoms with Crippen molar-refractivity contribution in [3.8, 4) is 0 Å². The number of hydrogen-bond acceptors (Lipinski definition) is 4. The Morgan fingerprint density at radius 1 is 1.62 bits per heavy atom. The zero-order chi connectivity index (χ0) is 10.0. The van der Waals surface area contributed by atoms with Gasteiger partial charge in [0.2, 0.25) is 11.5 Å². The van der Waals surface area contributed by atoms with Crippen LogP contribution < -0.4 is 5.73 Å². The van der Waals surface area contributed by atoms with Gasteiger partial charge in [-0.1, -0.05) is 19.0 Å². The van der Waals surface area contributed by atoms with Crippen molar-refractivity contribution < 1.29 is 9.32 Å². The molecule has 1 heterocycles. The molecule has 0 radical (unpaired) electrons. The van der Waals surface area contributed by atoms with E-state index in [-0.39, 0.29) is 18.2 Å². The molecular formula is C9H14N2O2. The van der Waals surface area contributed by atoms with E-state index < -0.39 is 0 Å². The summed E-state index contributed by atoms with van der Waals surface area (Å²) in [4.78, 5) is 11.3. The molecule has 0 spiro atoms. The van der Waals surface area contributed by atoms with Crippen molar-refractivity contribution in [2.24, 2.45) is 5.73 Å². The largest absolute Gasteiger partial charge is 0.352 e. The zero-order valence-electron chi connectivity index (χ0n) is 8.13. The lowest BCUT2D eigenvalue weighted by atomic mass is 9.99. The van der Waals surface area contributed by atoms with Crippen LogP contribution in [0.1, 0.15) is 41.6 Å². The fourth-order valence-corrected chi connectivity index (χ4v) is 1.35. The van der Waals surface area contributed by atoms with Crippen LogP contribution in [0, 0.1) is 6.92 Å². The second-order valence-electron chi connectivity index (χ2n) is 3.29. The van der Waals surface area contributed by atoms with Gasteiger partial charge in [0.15, 0.2) is 0 Å². The fraction of sp³-hybridized carbons (Fsp3) is 0.556. The van der Waals surface area contributed by atoms with Gasteiger partial charge in [-0.2, -0.15) is 0 Å². The number of aromatic nitrogens is 1. The van der Waals surface area contributed by atoms with Gasteiger partial charge >= 0.3 is 0 Å². The van der Waals surface area contributed by atoms with Crippen molar-refractivity contribution in [2.45, 2.75) is 26.7 Å². The molecule has 0 aliphatic carbocycles. The normalized spacial score (nSPS) is 10.8. The first-order valence-electron chi connectivity index (χ1n) is 4.27. The van der Waals surface area contributed by atoms with Crippen LogP contribution in [0.3, 0.4) is 0 Å². The highest BCUT2D eigenvalue weighted by molar-refractivity contribution is 5.96. The summed E-state index contributed by atoms with van der Waals surface area (Å²) < 4.78 is 4.93. The lowest BCUT2D eigenvalue weighted by molar-refractivity contribution is 0.0964. The molecule has 2 N–H and O–H groups in total. The van der Waals surface area contributed by atoms with Crippen LogP contribution in [0.4, 0.5) is 0 Å². The molecule has 0 aromatic carbocycles. The first kappa shape index (κ1) is 9.92. The van der Waals surface area contributed by atoms with E-state index in [9.17, 15) is 4.79 Å². The summed E-state index contributed by atoms with van der Waals surface area (Å²) in [5.41, 5.74) is 6.89. The zero-order valence-corrected chi connectivity index (χ0v) is 8.13. The minimum Gasteiger partial charge on any atom is -0.352 e. The smallest absolute Gasteiger partial charge is 0.214 e. The Hall–Kier alpha value is -1.16. The highest BCUT2D eigenvalue weighted by atomic mass is 16.5. The van der Waals surface area contributed by atoms with Crippen LogP contribution in [0.15, 0.2) is 4.52 Å². The number of nitrogens with two attached hydrogens (primary N) is 1. The summed E-state index contributed by atoms with van der Waals surface area (Å²) in [7, 11) is 0. The Morgan fingerprint density at radius 3 is 2.69 bits per heavy atom. The fourth-order valence-electron chi connectivity index (χ4n) is 1.35. The average molecular weight is 182 g/mol. The van der Waals surface area contributed by atoms with Gasteiger partial charge < -0.3 is 10.3 Å². The quantitative estimate of drug-likeness (QED) is 0.714. The van der Waals surface area contributed by atoms with Crippen molar-refractivity contribution in [3.63, 3.8) is 0 Å². The van der Waals surface area contributed by atoms with Gasteiger partial charge in [-0.25, -0.2) is 0 Å². The number of ketones is 1. The molecule has 0 aliphatic heterocycles. The van der Waals surface area contributed by atoms with Crippen LogP contribution >= 0.6 is 0 Å². The minimum atomic E-state index is -0.190. The molecule has 13 heavy (non-hydrogen) atoms. The van der Waals surface area contributed by atoms with Crippen LogP contribution in [-0.2, 0) is 0 Å². The van der Waals surface area contributed by atoms with Crippen molar-refractivity contribution in [3.05, 3.63) is 17.0 Å². The Kier molecular flexibility index (Phi) is 2.83. The topological polar surface area (TPSA) is 69.1 Å². The second kappa shape index (κ2) is 3.70. The highest BCUT2D eigenvalue weighted by Crippen LogP contribution is 2.23. The van der Waals surface area contributed by atoms with Gasteiger partial charge in [-0.3, -0.25) is 4.79 Å². The molecule has 4 heteroatoms. The molecule has 0 aliphatic rings. The van der Waals surface area contributed by atoms with Crippen molar-refractivity contribution >= 4 is 5.78 Å². The first-order chi connectivity index (χ1) is 6.07. The maximum Gasteiger partial charge on any atom is 0.214 e. The van der Waals surface area contributed by atoms with Crippen LogP contribution in [0.25, 0.3) is 0 Å². The van der Waals surface area contributed by atoms with E-state index in [0.717, 1.165) is 11.3 Å². The molecule has 0 saturated carbocycles. The lowest BCUT2D eigenvalue weighted by Gasteiger charge is -2.03. The van der Waals surface area contributed by atoms with Gasteiger partial charge in [0, 0.05) is 5.56 Å². The molecular weight excluding hydrogens is 168 g/mol. The molecule has 1 aromatic rings. The minimum absolute atomic E-state index is 0.0334. The second-order valence-corrected chi connectivity index (χ2v) is 3.29. The van der Waals surface area contributed by atoms with Crippen molar-refractivity contribution in [2.75, 3.05) is 6.54 Å². The van der Waals surface area contributed by atoms with E-state index in [4.69, 9.17) is 10.3 Å². The summed E-state index contributed by atoms with van der Waals surface area (Å²) in [6, 6.07) is 0. The number of rotatable bonds is 3. The molecule has 0 amide bonds. The van der Waals surface area contributed by atoms with Gasteiger partial charge in [0.05, 0.1) is 12.2 Å². The molecule has 72 valence electrons. The third-order valence-electron chi connectivity index (χ3n) is 1.92. The molecule has 0 atom stereocenters. The summed E-state index contributed by atoms with van der Waals surface area (Å²) in [6.07, 6.45) is 0. The monoisotopic (exact) mass is 182 g/mol. The molecule has 1 rings (SSSR count). The van der Waals surface area contributed by atoms with E-state index in [0.29, 0.717) is 5.76 Å². The lowest BCUT2D eigenvalue weighted by Crippen LogP contribution is -2.14. The number of carbonyl (C=O) groups excluding carboxylic acids is 1. The van der Waals surface area contributed by atoms with Gasteiger partial charge in [-0.15, -0.1) is 0 Å². The SMILES string of the molecule is Cc1noc(C(=O)CN)c1C(C)C.